The van der Waals surface area contributed by atoms with Crippen molar-refractivity contribution in [3.63, 3.8) is 0 Å². The maximum absolute atomic E-state index is 11.8. The van der Waals surface area contributed by atoms with Crippen molar-refractivity contribution in [3.8, 4) is 5.75 Å². The van der Waals surface area contributed by atoms with E-state index in [1.165, 1.54) is 16.1 Å². The van der Waals surface area contributed by atoms with Crippen LogP contribution in [0.3, 0.4) is 0 Å². The van der Waals surface area contributed by atoms with E-state index in [0.717, 1.165) is 61.9 Å². The summed E-state index contributed by atoms with van der Waals surface area (Å²) in [5.74, 6) is 1.01. The van der Waals surface area contributed by atoms with Crippen LogP contribution in [0.25, 0.3) is 12.2 Å². The average Bonchev–Trinajstić information content (AvgIpc) is 3.41. The average molecular weight is 634 g/mol. The number of ether oxygens (including phenoxy) is 1. The fourth-order valence-electron chi connectivity index (χ4n) is 5.52. The largest absolute Gasteiger partial charge is 0.493 e. The van der Waals surface area contributed by atoms with Crippen molar-refractivity contribution < 1.29 is 19.0 Å². The first-order chi connectivity index (χ1) is 21.5. The molecule has 1 aliphatic heterocycles. The quantitative estimate of drug-likeness (QED) is 0.111. The van der Waals surface area contributed by atoms with Crippen LogP contribution in [-0.4, -0.2) is 36.3 Å². The van der Waals surface area contributed by atoms with E-state index in [0.29, 0.717) is 11.6 Å². The van der Waals surface area contributed by atoms with Crippen molar-refractivity contribution in [1.29, 1.82) is 0 Å². The number of hydrogen-bond donors (Lipinski definition) is 2. The lowest BCUT2D eigenvalue weighted by molar-refractivity contribution is -0.122. The molecule has 0 aromatic heterocycles. The maximum atomic E-state index is 11.8. The molecule has 1 N–H and O–H groups in total. The van der Waals surface area contributed by atoms with Crippen molar-refractivity contribution in [2.24, 2.45) is 5.92 Å². The highest BCUT2D eigenvalue weighted by molar-refractivity contribution is 7.82. The number of allylic oxidation sites excluding steroid dienone is 1. The Morgan fingerprint density at radius 2 is 1.64 bits per heavy atom. The molecule has 1 unspecified atom stereocenters. The third kappa shape index (κ3) is 9.76. The Morgan fingerprint density at radius 3 is 2.13 bits per heavy atom. The number of aryl methyl sites for hydroxylation is 1. The molecule has 1 radical (unpaired) electrons. The van der Waals surface area contributed by atoms with Gasteiger partial charge in [0, 0.05) is 10.3 Å². The summed E-state index contributed by atoms with van der Waals surface area (Å²) in [4.78, 5) is 23.1. The molecule has 2 amide bonds. The van der Waals surface area contributed by atoms with Crippen molar-refractivity contribution in [1.82, 2.24) is 5.43 Å². The summed E-state index contributed by atoms with van der Waals surface area (Å²) in [6.07, 6.45) is 12.0. The van der Waals surface area contributed by atoms with Crippen molar-refractivity contribution in [3.05, 3.63) is 65.7 Å². The van der Waals surface area contributed by atoms with E-state index >= 15 is 0 Å². The minimum Gasteiger partial charge on any atom is -0.493 e. The van der Waals surface area contributed by atoms with Gasteiger partial charge in [-0.2, -0.15) is 12.6 Å². The van der Waals surface area contributed by atoms with Crippen LogP contribution < -0.4 is 20.6 Å². The van der Waals surface area contributed by atoms with Crippen LogP contribution in [0.4, 0.5) is 5.69 Å². The molecule has 245 valence electrons. The van der Waals surface area contributed by atoms with Gasteiger partial charge in [-0.25, -0.2) is 5.01 Å². The summed E-state index contributed by atoms with van der Waals surface area (Å²) in [7, 11) is 1.78. The minimum absolute atomic E-state index is 0.107. The Hall–Kier alpha value is -2.97. The molecule has 8 heteroatoms. The standard InChI is InChI=1S/C19H28BN2O3S.C18H26O/c1-5-18(6-2,19(26,7-3)8-4)25-20-14-9-11-15(12-10-14)22-17(24)13-16(23)21-22;1-6-13-19-18-12-10-15(5)16(8-3)17(18)11-9-14(4)7-2/h9-12,26H,5-8,13H2,1-4H3,(H,21,23);8-12,14H,3,6-7,13H2,1-2,4-5H3/b;11-9-. The number of hydrazine groups is 1. The number of benzene rings is 2. The van der Waals surface area contributed by atoms with Crippen LogP contribution in [0.2, 0.25) is 0 Å². The highest BCUT2D eigenvalue weighted by Gasteiger charge is 2.45. The van der Waals surface area contributed by atoms with E-state index in [1.807, 2.05) is 18.2 Å². The third-order valence-electron chi connectivity index (χ3n) is 8.90. The summed E-state index contributed by atoms with van der Waals surface area (Å²) in [6.45, 7) is 21.9. The van der Waals surface area contributed by atoms with E-state index in [4.69, 9.17) is 22.0 Å². The lowest BCUT2D eigenvalue weighted by Crippen LogP contribution is -2.52. The topological polar surface area (TPSA) is 67.9 Å². The van der Waals surface area contributed by atoms with Crippen LogP contribution in [0.1, 0.15) is 110 Å². The molecule has 2 aromatic rings. The lowest BCUT2D eigenvalue weighted by atomic mass is 9.75. The third-order valence-corrected chi connectivity index (χ3v) is 9.94. The zero-order valence-corrected chi connectivity index (χ0v) is 29.6. The van der Waals surface area contributed by atoms with E-state index in [-0.39, 0.29) is 28.6 Å². The first-order valence-corrected chi connectivity index (χ1v) is 17.0. The molecule has 0 aliphatic carbocycles. The highest BCUT2D eigenvalue weighted by atomic mass is 32.1. The van der Waals surface area contributed by atoms with Crippen molar-refractivity contribution >= 4 is 55.2 Å². The van der Waals surface area contributed by atoms with Gasteiger partial charge in [0.15, 0.2) is 0 Å². The molecular formula is C37H54BN2O4S. The number of carbonyl (C=O) groups is 2. The molecule has 0 bridgehead atoms. The van der Waals surface area contributed by atoms with Crippen molar-refractivity contribution in [2.45, 2.75) is 111 Å². The molecule has 1 heterocycles. The Balaban J connectivity index is 0.000000330. The SMILES string of the molecule is C=Cc1c(C)ccc(OCCC)c1/C=C\C(C)CC.CCC(S)(CC)C(CC)(CC)O[B]c1ccc(N2NC(=O)CC2=O)cc1. The molecule has 6 nitrogen and oxygen atoms in total. The normalized spacial score (nSPS) is 14.2. The van der Waals surface area contributed by atoms with Crippen LogP contribution in [0, 0.1) is 12.8 Å². The number of hydrogen-bond acceptors (Lipinski definition) is 5. The summed E-state index contributed by atoms with van der Waals surface area (Å²) in [6, 6.07) is 11.5. The van der Waals surface area contributed by atoms with Gasteiger partial charge in [0.2, 0.25) is 5.91 Å². The predicted octanol–water partition coefficient (Wildman–Crippen LogP) is 8.25. The zero-order chi connectivity index (χ0) is 33.6. The van der Waals surface area contributed by atoms with Crippen LogP contribution >= 0.6 is 12.6 Å². The zero-order valence-electron chi connectivity index (χ0n) is 28.7. The molecule has 45 heavy (non-hydrogen) atoms. The van der Waals surface area contributed by atoms with E-state index in [1.54, 1.807) is 19.6 Å². The number of anilines is 1. The predicted molar refractivity (Wildman–Crippen MR) is 194 cm³/mol. The summed E-state index contributed by atoms with van der Waals surface area (Å²) < 4.78 is 12.0. The molecule has 0 spiro atoms. The smallest absolute Gasteiger partial charge is 0.330 e. The van der Waals surface area contributed by atoms with Gasteiger partial charge in [-0.05, 0) is 74.3 Å². The number of thiol groups is 1. The van der Waals surface area contributed by atoms with Gasteiger partial charge < -0.3 is 9.39 Å². The molecule has 1 aliphatic rings. The van der Waals surface area contributed by atoms with Gasteiger partial charge in [0.25, 0.3) is 5.91 Å². The van der Waals surface area contributed by atoms with Crippen LogP contribution in [0.5, 0.6) is 5.75 Å². The Bertz CT molecular complexity index is 1290. The number of nitrogens with one attached hydrogen (secondary N) is 1. The fraction of sp³-hybridized carbons (Fsp3) is 0.514. The van der Waals surface area contributed by atoms with E-state index < -0.39 is 0 Å². The molecule has 3 rings (SSSR count). The lowest BCUT2D eigenvalue weighted by Gasteiger charge is -2.47. The maximum Gasteiger partial charge on any atom is 0.330 e. The van der Waals surface area contributed by atoms with Gasteiger partial charge in [0.1, 0.15) is 12.2 Å². The van der Waals surface area contributed by atoms with Gasteiger partial charge in [-0.15, -0.1) is 0 Å². The number of rotatable bonds is 16. The first-order valence-electron chi connectivity index (χ1n) is 16.5. The van der Waals surface area contributed by atoms with Crippen LogP contribution in [0.15, 0.2) is 49.1 Å². The van der Waals surface area contributed by atoms with Gasteiger partial charge >= 0.3 is 7.48 Å². The summed E-state index contributed by atoms with van der Waals surface area (Å²) in [5.41, 5.74) is 7.32. The first kappa shape index (κ1) is 38.2. The summed E-state index contributed by atoms with van der Waals surface area (Å²) in [5, 5.41) is 1.28. The second kappa shape index (κ2) is 18.2. The molecule has 2 aromatic carbocycles. The second-order valence-corrected chi connectivity index (χ2v) is 12.6. The van der Waals surface area contributed by atoms with E-state index in [9.17, 15) is 9.59 Å². The monoisotopic (exact) mass is 633 g/mol. The minimum atomic E-state index is -0.336. The number of nitrogens with zero attached hydrogens (tertiary/aromatic N) is 1. The van der Waals surface area contributed by atoms with Gasteiger partial charge in [-0.1, -0.05) is 103 Å². The second-order valence-electron chi connectivity index (χ2n) is 11.7. The number of amides is 2. The number of carbonyl (C=O) groups excluding carboxylic acids is 2. The molecule has 1 fully saturated rings. The molecule has 0 saturated carbocycles. The molecular weight excluding hydrogens is 579 g/mol. The van der Waals surface area contributed by atoms with Gasteiger partial charge in [-0.3, -0.25) is 15.0 Å². The van der Waals surface area contributed by atoms with Crippen molar-refractivity contribution in [2.75, 3.05) is 11.6 Å². The highest BCUT2D eigenvalue weighted by Crippen LogP contribution is 2.42. The Labute approximate surface area is 278 Å². The fourth-order valence-corrected chi connectivity index (χ4v) is 5.88. The van der Waals surface area contributed by atoms with Crippen LogP contribution in [-0.2, 0) is 14.2 Å². The Morgan fingerprint density at radius 1 is 1.00 bits per heavy atom. The molecule has 1 saturated heterocycles. The molecule has 1 atom stereocenters. The summed E-state index contributed by atoms with van der Waals surface area (Å²) >= 11 is 4.97. The van der Waals surface area contributed by atoms with E-state index in [2.05, 4.69) is 91.7 Å². The van der Waals surface area contributed by atoms with Gasteiger partial charge in [0.05, 0.1) is 17.9 Å². The Kier molecular flexibility index (Phi) is 15.5.